The number of rotatable bonds is 6. The molecule has 0 radical (unpaired) electrons. The first-order valence-corrected chi connectivity index (χ1v) is 21.1. The molecule has 0 N–H and O–H groups in total. The third-order valence-electron chi connectivity index (χ3n) is 12.4. The van der Waals surface area contributed by atoms with Crippen molar-refractivity contribution in [2.75, 3.05) is 13.2 Å². The van der Waals surface area contributed by atoms with Crippen LogP contribution in [0.3, 0.4) is 0 Å². The van der Waals surface area contributed by atoms with Crippen LogP contribution in [0.5, 0.6) is 0 Å². The van der Waals surface area contributed by atoms with Crippen LogP contribution in [0, 0.1) is 5.41 Å². The summed E-state index contributed by atoms with van der Waals surface area (Å²) in [6, 6.07) is 9.06. The number of benzene rings is 1. The maximum atomic E-state index is 12.4. The van der Waals surface area contributed by atoms with Gasteiger partial charge in [0.2, 0.25) is 0 Å². The molecule has 1 saturated heterocycles. The van der Waals surface area contributed by atoms with Gasteiger partial charge in [-0.1, -0.05) is 92.5 Å². The van der Waals surface area contributed by atoms with Gasteiger partial charge >= 0.3 is 0 Å². The summed E-state index contributed by atoms with van der Waals surface area (Å²) in [4.78, 5) is 18.1. The molecule has 1 aromatic heterocycles. The summed E-state index contributed by atoms with van der Waals surface area (Å²) in [5, 5.41) is 12.4. The van der Waals surface area contributed by atoms with Crippen LogP contribution in [-0.4, -0.2) is 32.5 Å². The number of hydrogen-bond acceptors (Lipinski definition) is 6. The Kier molecular flexibility index (Phi) is 8.93. The van der Waals surface area contributed by atoms with E-state index in [1.54, 1.807) is 0 Å². The molecular formula is C40H58NO5Si-. The van der Waals surface area contributed by atoms with Crippen LogP contribution < -0.4 is 5.11 Å². The van der Waals surface area contributed by atoms with E-state index in [0.717, 1.165) is 61.9 Å². The van der Waals surface area contributed by atoms with E-state index < -0.39 is 19.9 Å². The van der Waals surface area contributed by atoms with Gasteiger partial charge in [-0.3, -0.25) is 4.98 Å². The molecule has 2 aliphatic carbocycles. The Bertz CT molecular complexity index is 1490. The molecule has 0 bridgehead atoms. The van der Waals surface area contributed by atoms with Gasteiger partial charge in [0.25, 0.3) is 0 Å². The lowest BCUT2D eigenvalue weighted by atomic mass is 9.63. The van der Waals surface area contributed by atoms with Crippen molar-refractivity contribution in [3.05, 3.63) is 63.5 Å². The molecule has 7 heteroatoms. The second-order valence-corrected chi connectivity index (χ2v) is 23.0. The van der Waals surface area contributed by atoms with Gasteiger partial charge < -0.3 is 23.8 Å². The first kappa shape index (κ1) is 34.8. The Morgan fingerprint density at radius 1 is 0.979 bits per heavy atom. The van der Waals surface area contributed by atoms with E-state index in [4.69, 9.17) is 18.9 Å². The zero-order chi connectivity index (χ0) is 34.2. The molecule has 2 aromatic rings. The molecule has 258 valence electrons. The molecule has 4 aliphatic rings. The number of carboxylic acid groups (broad SMARTS) is 1. The Labute approximate surface area is 284 Å². The van der Waals surface area contributed by atoms with E-state index in [9.17, 15) is 9.90 Å². The predicted octanol–water partition coefficient (Wildman–Crippen LogP) is 8.88. The molecule has 1 saturated carbocycles. The quantitative estimate of drug-likeness (QED) is 0.288. The molecule has 2 fully saturated rings. The smallest absolute Gasteiger partial charge is 0.192 e. The largest absolute Gasteiger partial charge is 0.550 e. The highest BCUT2D eigenvalue weighted by Gasteiger charge is 2.56. The SMILES string of the molecule is CC(C)(C)c1ccc([C@H]2OC3(CCCC3)c3c2c(C2CCOCC2)nc2c3[C@@H](O[Si](C)(C)C(C)(C)C)CC(C)(C)[C@H]2CC(=O)[O-])cc1. The van der Waals surface area contributed by atoms with Crippen molar-refractivity contribution >= 4 is 14.3 Å². The third kappa shape index (κ3) is 6.28. The van der Waals surface area contributed by atoms with E-state index in [2.05, 4.69) is 92.7 Å². The van der Waals surface area contributed by atoms with Gasteiger partial charge in [-0.15, -0.1) is 0 Å². The first-order valence-electron chi connectivity index (χ1n) is 18.2. The Morgan fingerprint density at radius 2 is 1.60 bits per heavy atom. The van der Waals surface area contributed by atoms with E-state index >= 15 is 0 Å². The summed E-state index contributed by atoms with van der Waals surface area (Å²) >= 11 is 0. The van der Waals surface area contributed by atoms with Crippen LogP contribution in [-0.2, 0) is 29.7 Å². The summed E-state index contributed by atoms with van der Waals surface area (Å²) in [6.45, 7) is 24.1. The average Bonchev–Trinajstić information content (AvgIpc) is 3.58. The molecule has 3 heterocycles. The zero-order valence-corrected chi connectivity index (χ0v) is 31.7. The molecule has 6 nitrogen and oxygen atoms in total. The van der Waals surface area contributed by atoms with Gasteiger partial charge in [0, 0.05) is 42.1 Å². The molecular weight excluding hydrogens is 603 g/mol. The number of ether oxygens (including phenoxy) is 2. The zero-order valence-electron chi connectivity index (χ0n) is 30.7. The molecule has 2 aliphatic heterocycles. The molecule has 0 amide bonds. The van der Waals surface area contributed by atoms with E-state index in [1.807, 2.05) is 0 Å². The molecule has 47 heavy (non-hydrogen) atoms. The fourth-order valence-electron chi connectivity index (χ4n) is 8.60. The Morgan fingerprint density at radius 3 is 2.15 bits per heavy atom. The van der Waals surface area contributed by atoms with E-state index in [1.165, 1.54) is 22.3 Å². The maximum Gasteiger partial charge on any atom is 0.192 e. The lowest BCUT2D eigenvalue weighted by Gasteiger charge is -2.49. The number of fused-ring (bicyclic) bond motifs is 4. The van der Waals surface area contributed by atoms with Gasteiger partial charge in [0.1, 0.15) is 6.10 Å². The van der Waals surface area contributed by atoms with Crippen LogP contribution in [0.15, 0.2) is 24.3 Å². The number of pyridine rings is 1. The van der Waals surface area contributed by atoms with Crippen molar-refractivity contribution in [1.29, 1.82) is 0 Å². The van der Waals surface area contributed by atoms with Gasteiger partial charge in [-0.25, -0.2) is 0 Å². The van der Waals surface area contributed by atoms with Crippen LogP contribution in [0.1, 0.15) is 170 Å². The highest BCUT2D eigenvalue weighted by Crippen LogP contribution is 2.63. The second-order valence-electron chi connectivity index (χ2n) is 18.2. The second kappa shape index (κ2) is 12.1. The minimum Gasteiger partial charge on any atom is -0.550 e. The summed E-state index contributed by atoms with van der Waals surface area (Å²) < 4.78 is 20.7. The number of aromatic nitrogens is 1. The fraction of sp³-hybridized carbons (Fsp3) is 0.700. The summed E-state index contributed by atoms with van der Waals surface area (Å²) in [6.07, 6.45) is 6.25. The van der Waals surface area contributed by atoms with Gasteiger partial charge in [-0.2, -0.15) is 0 Å². The van der Waals surface area contributed by atoms with Crippen molar-refractivity contribution in [3.8, 4) is 0 Å². The monoisotopic (exact) mass is 660 g/mol. The fourth-order valence-corrected chi connectivity index (χ4v) is 9.86. The standard InChI is InChI=1S/C40H59NO5Si/c1-37(2,3)27-15-13-26(14-16-27)36-32-33(40(45-36)19-11-12-20-40)31-29(46-47(9,10)38(4,5)6)24-39(7,8)28(23-30(42)43)35(31)41-34(32)25-17-21-44-22-18-25/h13-16,25,28-29,36H,11-12,17-24H2,1-10H3,(H,42,43)/p-1/t28-,29-,36+/m0/s1. The highest BCUT2D eigenvalue weighted by molar-refractivity contribution is 6.74. The summed E-state index contributed by atoms with van der Waals surface area (Å²) in [5.41, 5.74) is 7.45. The molecule has 1 spiro atoms. The van der Waals surface area contributed by atoms with Crippen LogP contribution >= 0.6 is 0 Å². The molecule has 3 atom stereocenters. The number of aliphatic carboxylic acids is 1. The molecule has 6 rings (SSSR count). The van der Waals surface area contributed by atoms with Crippen molar-refractivity contribution in [1.82, 2.24) is 4.98 Å². The maximum absolute atomic E-state index is 12.4. The predicted molar refractivity (Wildman–Crippen MR) is 187 cm³/mol. The van der Waals surface area contributed by atoms with Crippen molar-refractivity contribution < 1.29 is 23.8 Å². The van der Waals surface area contributed by atoms with Crippen molar-refractivity contribution in [2.45, 2.75) is 160 Å². The number of carbonyl (C=O) groups is 1. The normalized spacial score (nSPS) is 26.0. The lowest BCUT2D eigenvalue weighted by molar-refractivity contribution is -0.306. The number of hydrogen-bond donors (Lipinski definition) is 0. The molecule has 0 unspecified atom stereocenters. The Hall–Kier alpha value is -2.06. The lowest BCUT2D eigenvalue weighted by Crippen LogP contribution is -2.46. The Balaban J connectivity index is 1.65. The van der Waals surface area contributed by atoms with Crippen molar-refractivity contribution in [2.24, 2.45) is 5.41 Å². The minimum atomic E-state index is -2.23. The first-order chi connectivity index (χ1) is 21.8. The third-order valence-corrected chi connectivity index (χ3v) is 16.9. The summed E-state index contributed by atoms with van der Waals surface area (Å²) in [7, 11) is -2.23. The van der Waals surface area contributed by atoms with Gasteiger partial charge in [0.05, 0.1) is 23.1 Å². The van der Waals surface area contributed by atoms with Crippen LogP contribution in [0.4, 0.5) is 0 Å². The van der Waals surface area contributed by atoms with Gasteiger partial charge in [-0.05, 0) is 84.2 Å². The van der Waals surface area contributed by atoms with Crippen LogP contribution in [0.2, 0.25) is 18.1 Å². The highest BCUT2D eigenvalue weighted by atomic mass is 28.4. The number of carbonyl (C=O) groups excluding carboxylic acids is 1. The van der Waals surface area contributed by atoms with Crippen molar-refractivity contribution in [3.63, 3.8) is 0 Å². The van der Waals surface area contributed by atoms with E-state index in [-0.39, 0.29) is 46.3 Å². The van der Waals surface area contributed by atoms with Crippen LogP contribution in [0.25, 0.3) is 0 Å². The molecule has 1 aromatic carbocycles. The van der Waals surface area contributed by atoms with Gasteiger partial charge in [0.15, 0.2) is 8.32 Å². The average molecular weight is 661 g/mol. The summed E-state index contributed by atoms with van der Waals surface area (Å²) in [5.74, 6) is -1.06. The minimum absolute atomic E-state index is 0.0245. The topological polar surface area (TPSA) is 80.7 Å². The number of carboxylic acids is 1. The number of nitrogens with zero attached hydrogens (tertiary/aromatic N) is 1. The van der Waals surface area contributed by atoms with E-state index in [0.29, 0.717) is 13.2 Å².